The first kappa shape index (κ1) is 9.62. The van der Waals surface area contributed by atoms with Gasteiger partial charge in [-0.2, -0.15) is 0 Å². The van der Waals surface area contributed by atoms with Gasteiger partial charge in [-0.25, -0.2) is 0 Å². The number of hydrogen-bond acceptors (Lipinski definition) is 3. The van der Waals surface area contributed by atoms with Crippen LogP contribution in [0.25, 0.3) is 10.2 Å². The molecule has 0 spiro atoms. The lowest BCUT2D eigenvalue weighted by atomic mass is 10.1. The van der Waals surface area contributed by atoms with Crippen molar-refractivity contribution in [1.82, 2.24) is 10.3 Å². The molecule has 0 amide bonds. The van der Waals surface area contributed by atoms with Gasteiger partial charge < -0.3 is 5.32 Å². The molecule has 0 bridgehead atoms. The van der Waals surface area contributed by atoms with Gasteiger partial charge in [-0.05, 0) is 36.5 Å². The Balaban J connectivity index is 2.42. The molecule has 0 aliphatic heterocycles. The van der Waals surface area contributed by atoms with Gasteiger partial charge >= 0.3 is 0 Å². The van der Waals surface area contributed by atoms with Crippen LogP contribution in [0.5, 0.6) is 0 Å². The predicted molar refractivity (Wildman–Crippen MR) is 61.7 cm³/mol. The molecule has 1 N–H and O–H groups in total. The summed E-state index contributed by atoms with van der Waals surface area (Å²) in [4.78, 5) is 4.43. The van der Waals surface area contributed by atoms with E-state index in [2.05, 4.69) is 34.7 Å². The molecule has 14 heavy (non-hydrogen) atoms. The largest absolute Gasteiger partial charge is 0.313 e. The lowest BCUT2D eigenvalue weighted by Gasteiger charge is -2.13. The van der Waals surface area contributed by atoms with Gasteiger partial charge in [-0.15, -0.1) is 11.3 Å². The first-order valence-corrected chi connectivity index (χ1v) is 5.73. The predicted octanol–water partition coefficient (Wildman–Crippen LogP) is 2.97. The molecule has 2 heterocycles. The number of pyridine rings is 1. The first-order chi connectivity index (χ1) is 6.85. The zero-order valence-electron chi connectivity index (χ0n) is 8.45. The average molecular weight is 206 g/mol. The van der Waals surface area contributed by atoms with E-state index in [0.717, 1.165) is 11.9 Å². The quantitative estimate of drug-likeness (QED) is 0.835. The van der Waals surface area contributed by atoms with Crippen LogP contribution in [0.15, 0.2) is 23.7 Å². The fraction of sp³-hybridized carbons (Fsp3) is 0.364. The summed E-state index contributed by atoms with van der Waals surface area (Å²) < 4.78 is 1.27. The molecule has 2 nitrogen and oxygen atoms in total. The molecule has 2 aromatic rings. The smallest absolute Gasteiger partial charge is 0.0809 e. The van der Waals surface area contributed by atoms with Gasteiger partial charge in [0.1, 0.15) is 0 Å². The van der Waals surface area contributed by atoms with Crippen molar-refractivity contribution in [2.75, 3.05) is 7.05 Å². The van der Waals surface area contributed by atoms with Crippen LogP contribution in [0.2, 0.25) is 0 Å². The highest BCUT2D eigenvalue weighted by Crippen LogP contribution is 2.23. The topological polar surface area (TPSA) is 24.9 Å². The van der Waals surface area contributed by atoms with E-state index in [0.29, 0.717) is 6.04 Å². The number of rotatable bonds is 3. The Morgan fingerprint density at radius 3 is 3.14 bits per heavy atom. The molecule has 0 aliphatic carbocycles. The third kappa shape index (κ3) is 1.65. The van der Waals surface area contributed by atoms with Crippen molar-refractivity contribution >= 4 is 21.6 Å². The van der Waals surface area contributed by atoms with Crippen molar-refractivity contribution in [2.24, 2.45) is 0 Å². The van der Waals surface area contributed by atoms with Crippen LogP contribution in [-0.4, -0.2) is 12.0 Å². The number of hydrogen-bond donors (Lipinski definition) is 1. The SMILES string of the molecule is CCC(NC)c1cnc2ccsc2c1. The highest BCUT2D eigenvalue weighted by atomic mass is 32.1. The zero-order chi connectivity index (χ0) is 9.97. The summed E-state index contributed by atoms with van der Waals surface area (Å²) in [6.45, 7) is 2.18. The van der Waals surface area contributed by atoms with Crippen LogP contribution in [-0.2, 0) is 0 Å². The molecule has 1 atom stereocenters. The Kier molecular flexibility index (Phi) is 2.79. The van der Waals surface area contributed by atoms with E-state index >= 15 is 0 Å². The van der Waals surface area contributed by atoms with Gasteiger partial charge in [0.15, 0.2) is 0 Å². The standard InChI is InChI=1S/C11H14N2S/c1-3-9(12-2)8-6-11-10(13-7-8)4-5-14-11/h4-7,9,12H,3H2,1-2H3. The van der Waals surface area contributed by atoms with Gasteiger partial charge in [0.05, 0.1) is 10.2 Å². The van der Waals surface area contributed by atoms with Crippen LogP contribution >= 0.6 is 11.3 Å². The maximum atomic E-state index is 4.43. The Labute approximate surface area is 88.0 Å². The summed E-state index contributed by atoms with van der Waals surface area (Å²) in [6.07, 6.45) is 3.06. The van der Waals surface area contributed by atoms with E-state index < -0.39 is 0 Å². The van der Waals surface area contributed by atoms with Crippen molar-refractivity contribution in [3.63, 3.8) is 0 Å². The van der Waals surface area contributed by atoms with E-state index in [1.54, 1.807) is 11.3 Å². The third-order valence-corrected chi connectivity index (χ3v) is 3.34. The average Bonchev–Trinajstić information content (AvgIpc) is 2.66. The van der Waals surface area contributed by atoms with Crippen molar-refractivity contribution in [1.29, 1.82) is 0 Å². The first-order valence-electron chi connectivity index (χ1n) is 4.85. The molecule has 0 saturated carbocycles. The van der Waals surface area contributed by atoms with E-state index in [-0.39, 0.29) is 0 Å². The molecule has 1 unspecified atom stereocenters. The molecular weight excluding hydrogens is 192 g/mol. The normalized spacial score (nSPS) is 13.3. The van der Waals surface area contributed by atoms with E-state index in [4.69, 9.17) is 0 Å². The fourth-order valence-corrected chi connectivity index (χ4v) is 2.45. The van der Waals surface area contributed by atoms with Crippen molar-refractivity contribution in [3.8, 4) is 0 Å². The Bertz CT molecular complexity index is 418. The van der Waals surface area contributed by atoms with Gasteiger partial charge in [-0.3, -0.25) is 4.98 Å². The van der Waals surface area contributed by atoms with Gasteiger partial charge in [0.2, 0.25) is 0 Å². The van der Waals surface area contributed by atoms with E-state index in [9.17, 15) is 0 Å². The monoisotopic (exact) mass is 206 g/mol. The number of thiophene rings is 1. The lowest BCUT2D eigenvalue weighted by Crippen LogP contribution is -2.15. The summed E-state index contributed by atoms with van der Waals surface area (Å²) >= 11 is 1.75. The third-order valence-electron chi connectivity index (χ3n) is 2.48. The van der Waals surface area contributed by atoms with Crippen molar-refractivity contribution in [2.45, 2.75) is 19.4 Å². The second-order valence-electron chi connectivity index (χ2n) is 3.32. The Morgan fingerprint density at radius 1 is 1.57 bits per heavy atom. The Hall–Kier alpha value is -0.930. The molecule has 74 valence electrons. The zero-order valence-corrected chi connectivity index (χ0v) is 9.27. The van der Waals surface area contributed by atoms with Crippen LogP contribution in [0.3, 0.4) is 0 Å². The molecule has 0 aliphatic rings. The molecule has 2 rings (SSSR count). The second-order valence-corrected chi connectivity index (χ2v) is 4.27. The molecular formula is C11H14N2S. The summed E-state index contributed by atoms with van der Waals surface area (Å²) in [7, 11) is 1.99. The number of nitrogens with zero attached hydrogens (tertiary/aromatic N) is 1. The summed E-state index contributed by atoms with van der Waals surface area (Å²) in [5.41, 5.74) is 2.38. The Morgan fingerprint density at radius 2 is 2.43 bits per heavy atom. The van der Waals surface area contributed by atoms with Crippen LogP contribution < -0.4 is 5.32 Å². The summed E-state index contributed by atoms with van der Waals surface area (Å²) in [5.74, 6) is 0. The number of nitrogens with one attached hydrogen (secondary N) is 1. The minimum atomic E-state index is 0.425. The van der Waals surface area contributed by atoms with Crippen LogP contribution in [0.1, 0.15) is 24.9 Å². The minimum absolute atomic E-state index is 0.425. The molecule has 0 fully saturated rings. The maximum Gasteiger partial charge on any atom is 0.0809 e. The van der Waals surface area contributed by atoms with Gasteiger partial charge in [0.25, 0.3) is 0 Å². The fourth-order valence-electron chi connectivity index (χ4n) is 1.66. The van der Waals surface area contributed by atoms with E-state index in [1.165, 1.54) is 10.3 Å². The molecule has 3 heteroatoms. The summed E-state index contributed by atoms with van der Waals surface area (Å²) in [5, 5.41) is 5.37. The van der Waals surface area contributed by atoms with E-state index in [1.807, 2.05) is 13.2 Å². The summed E-state index contributed by atoms with van der Waals surface area (Å²) in [6, 6.07) is 4.72. The van der Waals surface area contributed by atoms with Crippen molar-refractivity contribution in [3.05, 3.63) is 29.3 Å². The molecule has 0 saturated heterocycles. The highest BCUT2D eigenvalue weighted by molar-refractivity contribution is 7.17. The lowest BCUT2D eigenvalue weighted by molar-refractivity contribution is 0.576. The highest BCUT2D eigenvalue weighted by Gasteiger charge is 2.07. The maximum absolute atomic E-state index is 4.43. The van der Waals surface area contributed by atoms with Crippen LogP contribution in [0.4, 0.5) is 0 Å². The molecule has 2 aromatic heterocycles. The van der Waals surface area contributed by atoms with Crippen molar-refractivity contribution < 1.29 is 0 Å². The number of fused-ring (bicyclic) bond motifs is 1. The van der Waals surface area contributed by atoms with Gasteiger partial charge in [-0.1, -0.05) is 6.92 Å². The minimum Gasteiger partial charge on any atom is -0.313 e. The molecule has 0 aromatic carbocycles. The number of aromatic nitrogens is 1. The second kappa shape index (κ2) is 4.07. The van der Waals surface area contributed by atoms with Gasteiger partial charge in [0, 0.05) is 12.2 Å². The van der Waals surface area contributed by atoms with Crippen LogP contribution in [0, 0.1) is 0 Å². The molecule has 0 radical (unpaired) electrons.